The fraction of sp³-hybridized carbons (Fsp3) is 0.429. The van der Waals surface area contributed by atoms with Crippen molar-refractivity contribution in [1.29, 1.82) is 0 Å². The molecule has 0 saturated heterocycles. The van der Waals surface area contributed by atoms with Crippen LogP contribution in [0.1, 0.15) is 28.4 Å². The Kier molecular flexibility index (Phi) is 3.93. The van der Waals surface area contributed by atoms with E-state index in [9.17, 15) is 27.9 Å². The van der Waals surface area contributed by atoms with Crippen LogP contribution in [0.4, 0.5) is 13.2 Å². The van der Waals surface area contributed by atoms with Gasteiger partial charge in [-0.15, -0.1) is 0 Å². The molecule has 0 atom stereocenters. The number of nitrogens with zero attached hydrogens (tertiary/aromatic N) is 1. The van der Waals surface area contributed by atoms with E-state index >= 15 is 0 Å². The quantitative estimate of drug-likeness (QED) is 0.808. The molecule has 1 aromatic rings. The molecule has 0 saturated carbocycles. The Hall–Kier alpha value is -2.05. The van der Waals surface area contributed by atoms with E-state index in [1.165, 1.54) is 13.0 Å². The van der Waals surface area contributed by atoms with E-state index in [1.807, 2.05) is 0 Å². The monoisotopic (exact) mass is 301 g/mol. The van der Waals surface area contributed by atoms with Crippen LogP contribution in [0.3, 0.4) is 0 Å². The molecule has 0 aromatic heterocycles. The first-order chi connectivity index (χ1) is 9.71. The zero-order valence-corrected chi connectivity index (χ0v) is 11.3. The number of carbonyl (C=O) groups excluding carboxylic acids is 2. The summed E-state index contributed by atoms with van der Waals surface area (Å²) in [5.41, 5.74) is 1.25. The highest BCUT2D eigenvalue weighted by atomic mass is 19.4. The molecular weight excluding hydrogens is 287 g/mol. The summed E-state index contributed by atoms with van der Waals surface area (Å²) in [5, 5.41) is 10.1. The number of hydrogen-bond donors (Lipinski definition) is 1. The molecule has 0 fully saturated rings. The predicted molar refractivity (Wildman–Crippen MR) is 68.2 cm³/mol. The summed E-state index contributed by atoms with van der Waals surface area (Å²) in [7, 11) is 0. The van der Waals surface area contributed by atoms with Gasteiger partial charge in [0.05, 0.1) is 5.56 Å². The number of phenolic OH excluding ortho intramolecular Hbond substituents is 1. The Labute approximate surface area is 119 Å². The summed E-state index contributed by atoms with van der Waals surface area (Å²) in [5.74, 6) is -2.38. The standard InChI is InChI=1S/C14H14F3NO3/c1-8(19)10-3-2-9-4-6-18(13(21)14(15,16)17)7-5-11(9)12(10)20/h2-3,20H,4-7H2,1H3. The number of benzene rings is 1. The van der Waals surface area contributed by atoms with Crippen molar-refractivity contribution < 1.29 is 27.9 Å². The van der Waals surface area contributed by atoms with Gasteiger partial charge in [0.2, 0.25) is 0 Å². The Balaban J connectivity index is 2.28. The largest absolute Gasteiger partial charge is 0.507 e. The van der Waals surface area contributed by atoms with Gasteiger partial charge in [-0.05, 0) is 37.0 Å². The van der Waals surface area contributed by atoms with E-state index in [0.717, 1.165) is 4.90 Å². The van der Waals surface area contributed by atoms with Crippen LogP contribution in [0.25, 0.3) is 0 Å². The van der Waals surface area contributed by atoms with Crippen LogP contribution in [0.2, 0.25) is 0 Å². The molecule has 0 aliphatic carbocycles. The average Bonchev–Trinajstić information content (AvgIpc) is 2.59. The molecule has 1 heterocycles. The number of aromatic hydroxyl groups is 1. The van der Waals surface area contributed by atoms with Crippen LogP contribution >= 0.6 is 0 Å². The van der Waals surface area contributed by atoms with E-state index < -0.39 is 12.1 Å². The molecule has 2 rings (SSSR count). The van der Waals surface area contributed by atoms with Gasteiger partial charge in [0.15, 0.2) is 5.78 Å². The molecule has 1 N–H and O–H groups in total. The zero-order valence-electron chi connectivity index (χ0n) is 11.3. The minimum Gasteiger partial charge on any atom is -0.507 e. The van der Waals surface area contributed by atoms with Crippen molar-refractivity contribution in [2.24, 2.45) is 0 Å². The van der Waals surface area contributed by atoms with Crippen molar-refractivity contribution in [3.05, 3.63) is 28.8 Å². The Morgan fingerprint density at radius 1 is 1.19 bits per heavy atom. The summed E-state index contributed by atoms with van der Waals surface area (Å²) in [6, 6.07) is 3.07. The minimum atomic E-state index is -4.90. The molecule has 1 aliphatic heterocycles. The Morgan fingerprint density at radius 2 is 1.81 bits per heavy atom. The smallest absolute Gasteiger partial charge is 0.471 e. The van der Waals surface area contributed by atoms with Crippen LogP contribution in [0.15, 0.2) is 12.1 Å². The molecule has 114 valence electrons. The number of ketones is 1. The lowest BCUT2D eigenvalue weighted by Crippen LogP contribution is -2.42. The normalized spacial score (nSPS) is 15.3. The Bertz CT molecular complexity index is 596. The third kappa shape index (κ3) is 3.01. The molecule has 7 heteroatoms. The van der Waals surface area contributed by atoms with Crippen molar-refractivity contribution in [3.63, 3.8) is 0 Å². The van der Waals surface area contributed by atoms with Crippen molar-refractivity contribution in [2.45, 2.75) is 25.9 Å². The minimum absolute atomic E-state index is 0.0653. The average molecular weight is 301 g/mol. The lowest BCUT2D eigenvalue weighted by atomic mass is 9.97. The lowest BCUT2D eigenvalue weighted by molar-refractivity contribution is -0.185. The second kappa shape index (κ2) is 5.38. The fourth-order valence-electron chi connectivity index (χ4n) is 2.47. The van der Waals surface area contributed by atoms with Gasteiger partial charge < -0.3 is 10.0 Å². The van der Waals surface area contributed by atoms with Gasteiger partial charge in [-0.2, -0.15) is 13.2 Å². The van der Waals surface area contributed by atoms with Crippen LogP contribution in [0, 0.1) is 0 Å². The number of rotatable bonds is 1. The second-order valence-electron chi connectivity index (χ2n) is 4.95. The maximum atomic E-state index is 12.5. The summed E-state index contributed by atoms with van der Waals surface area (Å²) in [6.07, 6.45) is -4.60. The molecular formula is C14H14F3NO3. The summed E-state index contributed by atoms with van der Waals surface area (Å²) in [6.45, 7) is 1.10. The van der Waals surface area contributed by atoms with E-state index in [-0.39, 0.29) is 43.0 Å². The number of fused-ring (bicyclic) bond motifs is 1. The van der Waals surface area contributed by atoms with E-state index in [0.29, 0.717) is 11.1 Å². The lowest BCUT2D eigenvalue weighted by Gasteiger charge is -2.21. The molecule has 0 spiro atoms. The molecule has 0 bridgehead atoms. The van der Waals surface area contributed by atoms with Crippen LogP contribution in [-0.4, -0.2) is 41.0 Å². The molecule has 1 aliphatic rings. The number of Topliss-reactive ketones (excluding diaryl/α,β-unsaturated/α-hetero) is 1. The fourth-order valence-corrected chi connectivity index (χ4v) is 2.47. The van der Waals surface area contributed by atoms with Gasteiger partial charge >= 0.3 is 12.1 Å². The number of phenols is 1. The Morgan fingerprint density at radius 3 is 2.38 bits per heavy atom. The topological polar surface area (TPSA) is 57.6 Å². The van der Waals surface area contributed by atoms with Gasteiger partial charge in [-0.1, -0.05) is 6.07 Å². The number of hydrogen-bond acceptors (Lipinski definition) is 3. The van der Waals surface area contributed by atoms with Crippen LogP contribution in [-0.2, 0) is 17.6 Å². The first-order valence-electron chi connectivity index (χ1n) is 6.42. The van der Waals surface area contributed by atoms with Crippen molar-refractivity contribution >= 4 is 11.7 Å². The second-order valence-corrected chi connectivity index (χ2v) is 4.95. The van der Waals surface area contributed by atoms with E-state index in [2.05, 4.69) is 0 Å². The first kappa shape index (κ1) is 15.3. The maximum absolute atomic E-state index is 12.5. The molecule has 21 heavy (non-hydrogen) atoms. The highest BCUT2D eigenvalue weighted by molar-refractivity contribution is 5.97. The van der Waals surface area contributed by atoms with Crippen LogP contribution < -0.4 is 0 Å². The molecule has 1 amide bonds. The van der Waals surface area contributed by atoms with Gasteiger partial charge in [-0.25, -0.2) is 0 Å². The maximum Gasteiger partial charge on any atom is 0.471 e. The number of carbonyl (C=O) groups is 2. The SMILES string of the molecule is CC(=O)c1ccc2c(c1O)CCN(C(=O)C(F)(F)F)CC2. The third-order valence-corrected chi connectivity index (χ3v) is 3.57. The number of alkyl halides is 3. The third-order valence-electron chi connectivity index (χ3n) is 3.57. The van der Waals surface area contributed by atoms with Gasteiger partial charge in [0, 0.05) is 13.1 Å². The summed E-state index contributed by atoms with van der Waals surface area (Å²) in [4.78, 5) is 23.4. The van der Waals surface area contributed by atoms with E-state index in [4.69, 9.17) is 0 Å². The van der Waals surface area contributed by atoms with Gasteiger partial charge in [-0.3, -0.25) is 9.59 Å². The zero-order chi connectivity index (χ0) is 15.8. The highest BCUT2D eigenvalue weighted by Crippen LogP contribution is 2.30. The van der Waals surface area contributed by atoms with Crippen LogP contribution in [0.5, 0.6) is 5.75 Å². The van der Waals surface area contributed by atoms with Gasteiger partial charge in [0.25, 0.3) is 0 Å². The predicted octanol–water partition coefficient (Wildman–Crippen LogP) is 2.08. The molecule has 0 unspecified atom stereocenters. The number of amides is 1. The highest BCUT2D eigenvalue weighted by Gasteiger charge is 2.42. The van der Waals surface area contributed by atoms with Crippen molar-refractivity contribution in [1.82, 2.24) is 4.90 Å². The summed E-state index contributed by atoms with van der Waals surface area (Å²) >= 11 is 0. The van der Waals surface area contributed by atoms with Gasteiger partial charge in [0.1, 0.15) is 5.75 Å². The van der Waals surface area contributed by atoms with Crippen molar-refractivity contribution in [2.75, 3.05) is 13.1 Å². The first-order valence-corrected chi connectivity index (χ1v) is 6.42. The van der Waals surface area contributed by atoms with Crippen molar-refractivity contribution in [3.8, 4) is 5.75 Å². The number of halogens is 3. The summed E-state index contributed by atoms with van der Waals surface area (Å²) < 4.78 is 37.4. The van der Waals surface area contributed by atoms with E-state index in [1.54, 1.807) is 6.07 Å². The molecule has 0 radical (unpaired) electrons. The molecule has 4 nitrogen and oxygen atoms in total. The molecule has 1 aromatic carbocycles.